The third-order valence-corrected chi connectivity index (χ3v) is 3.49. The van der Waals surface area contributed by atoms with Gasteiger partial charge in [-0.2, -0.15) is 4.98 Å². The number of hydrogen-bond acceptors (Lipinski definition) is 6. The van der Waals surface area contributed by atoms with Crippen LogP contribution in [0.2, 0.25) is 0 Å². The third-order valence-electron chi connectivity index (χ3n) is 3.49. The van der Waals surface area contributed by atoms with Gasteiger partial charge in [-0.1, -0.05) is 5.16 Å². The van der Waals surface area contributed by atoms with Crippen LogP contribution in [0.15, 0.2) is 53.3 Å². The maximum atomic E-state index is 5.78. The van der Waals surface area contributed by atoms with Gasteiger partial charge in [0, 0.05) is 31.0 Å². The predicted molar refractivity (Wildman–Crippen MR) is 80.3 cm³/mol. The molecule has 3 heterocycles. The van der Waals surface area contributed by atoms with E-state index in [0.717, 1.165) is 30.0 Å². The lowest BCUT2D eigenvalue weighted by molar-refractivity contribution is 0.142. The van der Waals surface area contributed by atoms with Gasteiger partial charge in [0.25, 0.3) is 5.89 Å². The van der Waals surface area contributed by atoms with E-state index in [1.165, 1.54) is 0 Å². The molecule has 1 aliphatic rings. The molecule has 3 aromatic rings. The van der Waals surface area contributed by atoms with Crippen molar-refractivity contribution in [3.05, 3.63) is 48.8 Å². The van der Waals surface area contributed by atoms with Crippen LogP contribution in [0.4, 0.5) is 0 Å². The van der Waals surface area contributed by atoms with Gasteiger partial charge >= 0.3 is 0 Å². The first-order valence-corrected chi connectivity index (χ1v) is 7.10. The first kappa shape index (κ1) is 13.0. The molecule has 0 saturated carbocycles. The van der Waals surface area contributed by atoms with Crippen molar-refractivity contribution >= 4 is 0 Å². The summed E-state index contributed by atoms with van der Waals surface area (Å²) in [6.07, 6.45) is 3.67. The Bertz CT molecular complexity index is 751. The van der Waals surface area contributed by atoms with Crippen molar-refractivity contribution in [2.24, 2.45) is 0 Å². The zero-order valence-electron chi connectivity index (χ0n) is 11.8. The zero-order chi connectivity index (χ0) is 14.8. The van der Waals surface area contributed by atoms with Crippen molar-refractivity contribution in [1.29, 1.82) is 0 Å². The van der Waals surface area contributed by atoms with Gasteiger partial charge in [0.2, 0.25) is 5.82 Å². The first-order valence-electron chi connectivity index (χ1n) is 7.10. The molecule has 0 aliphatic carbocycles. The average molecular weight is 294 g/mol. The second kappa shape index (κ2) is 5.57. The van der Waals surface area contributed by atoms with E-state index in [1.807, 2.05) is 36.4 Å². The molecule has 2 aromatic heterocycles. The van der Waals surface area contributed by atoms with Gasteiger partial charge < -0.3 is 14.6 Å². The summed E-state index contributed by atoms with van der Waals surface area (Å²) in [6.45, 7) is 1.81. The Kier molecular flexibility index (Phi) is 3.29. The number of nitrogens with zero attached hydrogens (tertiary/aromatic N) is 3. The predicted octanol–water partition coefficient (Wildman–Crippen LogP) is 2.15. The molecule has 0 bridgehead atoms. The average Bonchev–Trinajstić information content (AvgIpc) is 3.02. The number of aromatic nitrogens is 3. The van der Waals surface area contributed by atoms with Crippen molar-refractivity contribution in [2.75, 3.05) is 13.1 Å². The lowest BCUT2D eigenvalue weighted by Gasteiger charge is -2.27. The minimum Gasteiger partial charge on any atom is -0.488 e. The van der Waals surface area contributed by atoms with Crippen molar-refractivity contribution < 1.29 is 9.26 Å². The van der Waals surface area contributed by atoms with E-state index in [-0.39, 0.29) is 6.10 Å². The van der Waals surface area contributed by atoms with E-state index in [4.69, 9.17) is 9.26 Å². The smallest absolute Gasteiger partial charge is 0.259 e. The van der Waals surface area contributed by atoms with E-state index in [2.05, 4.69) is 20.4 Å². The van der Waals surface area contributed by atoms with Crippen LogP contribution in [0, 0.1) is 0 Å². The van der Waals surface area contributed by atoms with Crippen LogP contribution in [0.3, 0.4) is 0 Å². The Balaban J connectivity index is 1.53. The quantitative estimate of drug-likeness (QED) is 0.795. The molecule has 1 aromatic carbocycles. The largest absolute Gasteiger partial charge is 0.488 e. The molecule has 0 radical (unpaired) electrons. The van der Waals surface area contributed by atoms with Gasteiger partial charge in [-0.15, -0.1) is 0 Å². The zero-order valence-corrected chi connectivity index (χ0v) is 11.8. The van der Waals surface area contributed by atoms with Crippen molar-refractivity contribution in [3.63, 3.8) is 0 Å². The Morgan fingerprint density at radius 1 is 1.09 bits per heavy atom. The highest BCUT2D eigenvalue weighted by molar-refractivity contribution is 5.59. The number of nitrogens with one attached hydrogen (secondary N) is 1. The summed E-state index contributed by atoms with van der Waals surface area (Å²) in [7, 11) is 0. The minimum atomic E-state index is 0.271. The Hall–Kier alpha value is -2.73. The van der Waals surface area contributed by atoms with Crippen LogP contribution < -0.4 is 10.1 Å². The fraction of sp³-hybridized carbons (Fsp3) is 0.188. The summed E-state index contributed by atoms with van der Waals surface area (Å²) >= 11 is 0. The van der Waals surface area contributed by atoms with E-state index in [1.54, 1.807) is 12.4 Å². The molecule has 1 fully saturated rings. The number of rotatable bonds is 4. The fourth-order valence-corrected chi connectivity index (χ4v) is 2.17. The normalized spacial score (nSPS) is 14.5. The maximum absolute atomic E-state index is 5.78. The Morgan fingerprint density at radius 3 is 2.64 bits per heavy atom. The van der Waals surface area contributed by atoms with Crippen LogP contribution in [-0.4, -0.2) is 34.3 Å². The van der Waals surface area contributed by atoms with Gasteiger partial charge in [0.15, 0.2) is 0 Å². The molecule has 6 heteroatoms. The molecule has 0 spiro atoms. The molecular weight excluding hydrogens is 280 g/mol. The van der Waals surface area contributed by atoms with Gasteiger partial charge in [-0.3, -0.25) is 4.98 Å². The Morgan fingerprint density at radius 2 is 1.95 bits per heavy atom. The topological polar surface area (TPSA) is 73.1 Å². The lowest BCUT2D eigenvalue weighted by atomic mass is 10.2. The lowest BCUT2D eigenvalue weighted by Crippen LogP contribution is -2.50. The molecule has 4 rings (SSSR count). The summed E-state index contributed by atoms with van der Waals surface area (Å²) in [4.78, 5) is 8.45. The second-order valence-corrected chi connectivity index (χ2v) is 5.09. The number of hydrogen-bond donors (Lipinski definition) is 1. The summed E-state index contributed by atoms with van der Waals surface area (Å²) in [6, 6.07) is 11.4. The van der Waals surface area contributed by atoms with Crippen LogP contribution >= 0.6 is 0 Å². The molecule has 6 nitrogen and oxygen atoms in total. The van der Waals surface area contributed by atoms with E-state index in [0.29, 0.717) is 11.7 Å². The number of ether oxygens (including phenoxy) is 1. The summed E-state index contributed by atoms with van der Waals surface area (Å²) < 4.78 is 11.1. The van der Waals surface area contributed by atoms with Crippen molar-refractivity contribution in [3.8, 4) is 28.6 Å². The standard InChI is InChI=1S/C16H14N4O2/c1-2-12(8-17-7-1)16-19-15(20-22-16)11-3-5-13(6-4-11)21-14-9-18-10-14/h1-8,14,18H,9-10H2. The van der Waals surface area contributed by atoms with Crippen LogP contribution in [-0.2, 0) is 0 Å². The molecule has 0 amide bonds. The maximum Gasteiger partial charge on any atom is 0.259 e. The highest BCUT2D eigenvalue weighted by Gasteiger charge is 2.18. The molecule has 1 saturated heterocycles. The molecule has 1 N–H and O–H groups in total. The molecule has 1 aliphatic heterocycles. The van der Waals surface area contributed by atoms with Gasteiger partial charge in [-0.05, 0) is 36.4 Å². The minimum absolute atomic E-state index is 0.271. The molecule has 0 unspecified atom stereocenters. The van der Waals surface area contributed by atoms with E-state index >= 15 is 0 Å². The summed E-state index contributed by atoms with van der Waals surface area (Å²) in [5.74, 6) is 1.87. The van der Waals surface area contributed by atoms with Crippen molar-refractivity contribution in [1.82, 2.24) is 20.4 Å². The SMILES string of the molecule is c1cncc(-c2nc(-c3ccc(OC4CNC4)cc3)no2)c1. The molecule has 110 valence electrons. The third kappa shape index (κ3) is 2.56. The molecular formula is C16H14N4O2. The van der Waals surface area contributed by atoms with Crippen molar-refractivity contribution in [2.45, 2.75) is 6.10 Å². The van der Waals surface area contributed by atoms with Crippen LogP contribution in [0.1, 0.15) is 0 Å². The fourth-order valence-electron chi connectivity index (χ4n) is 2.17. The summed E-state index contributed by atoms with van der Waals surface area (Å²) in [5.41, 5.74) is 1.69. The number of pyridine rings is 1. The molecule has 22 heavy (non-hydrogen) atoms. The van der Waals surface area contributed by atoms with E-state index in [9.17, 15) is 0 Å². The van der Waals surface area contributed by atoms with Crippen LogP contribution in [0.25, 0.3) is 22.8 Å². The highest BCUT2D eigenvalue weighted by Crippen LogP contribution is 2.24. The monoisotopic (exact) mass is 294 g/mol. The number of benzene rings is 1. The van der Waals surface area contributed by atoms with E-state index < -0.39 is 0 Å². The van der Waals surface area contributed by atoms with Crippen LogP contribution in [0.5, 0.6) is 5.75 Å². The highest BCUT2D eigenvalue weighted by atomic mass is 16.5. The first-order chi connectivity index (χ1) is 10.9. The Labute approximate surface area is 127 Å². The molecule has 0 atom stereocenters. The summed E-state index contributed by atoms with van der Waals surface area (Å²) in [5, 5.41) is 7.19. The van der Waals surface area contributed by atoms with Gasteiger partial charge in [-0.25, -0.2) is 0 Å². The van der Waals surface area contributed by atoms with Gasteiger partial charge in [0.1, 0.15) is 11.9 Å². The van der Waals surface area contributed by atoms with Gasteiger partial charge in [0.05, 0.1) is 5.56 Å². The second-order valence-electron chi connectivity index (χ2n) is 5.09.